The topological polar surface area (TPSA) is 82.0 Å². The van der Waals surface area contributed by atoms with Gasteiger partial charge in [0.2, 0.25) is 0 Å². The Kier molecular flexibility index (Phi) is 5.28. The summed E-state index contributed by atoms with van der Waals surface area (Å²) < 4.78 is 0. The van der Waals surface area contributed by atoms with Crippen LogP contribution in [0.3, 0.4) is 0 Å². The van der Waals surface area contributed by atoms with Crippen molar-refractivity contribution in [2.75, 3.05) is 13.6 Å². The number of hydrogen-bond donors (Lipinski definition) is 2. The van der Waals surface area contributed by atoms with Gasteiger partial charge in [-0.3, -0.25) is 4.79 Å². The molecule has 2 amide bonds. The first-order chi connectivity index (χ1) is 9.04. The van der Waals surface area contributed by atoms with Gasteiger partial charge in [-0.2, -0.15) is 5.10 Å². The summed E-state index contributed by atoms with van der Waals surface area (Å²) in [6.07, 6.45) is 3.20. The predicted octanol–water partition coefficient (Wildman–Crippen LogP) is 1.39. The van der Waals surface area contributed by atoms with Crippen LogP contribution in [0.15, 0.2) is 35.9 Å². The van der Waals surface area contributed by atoms with E-state index in [0.29, 0.717) is 0 Å². The number of nitrogens with one attached hydrogen (secondary N) is 1. The van der Waals surface area contributed by atoms with Gasteiger partial charge >= 0.3 is 12.0 Å². The Morgan fingerprint density at radius 1 is 1.42 bits per heavy atom. The number of nitrogens with zero attached hydrogens (tertiary/aromatic N) is 2. The summed E-state index contributed by atoms with van der Waals surface area (Å²) in [4.78, 5) is 21.7. The molecule has 6 heteroatoms. The van der Waals surface area contributed by atoms with Crippen molar-refractivity contribution in [2.24, 2.45) is 5.10 Å². The van der Waals surface area contributed by atoms with Crippen molar-refractivity contribution in [2.45, 2.75) is 0 Å². The molecule has 0 atom stereocenters. The number of carboxylic acids is 1. The zero-order valence-corrected chi connectivity index (χ0v) is 10.5. The maximum absolute atomic E-state index is 11.4. The molecule has 0 bridgehead atoms. The fraction of sp³-hybridized carbons (Fsp3) is 0.154. The number of carbonyl (C=O) groups is 2. The molecule has 0 aliphatic rings. The minimum absolute atomic E-state index is 0.443. The molecule has 100 valence electrons. The Labute approximate surface area is 111 Å². The highest BCUT2D eigenvalue weighted by Crippen LogP contribution is 2.07. The van der Waals surface area contributed by atoms with E-state index in [1.807, 2.05) is 24.3 Å². The molecule has 1 aromatic carbocycles. The van der Waals surface area contributed by atoms with Crippen molar-refractivity contribution >= 4 is 24.3 Å². The first-order valence-electron chi connectivity index (χ1n) is 5.53. The highest BCUT2D eigenvalue weighted by molar-refractivity contribution is 5.86. The Morgan fingerprint density at radius 3 is 2.63 bits per heavy atom. The first-order valence-corrected chi connectivity index (χ1v) is 5.53. The summed E-state index contributed by atoms with van der Waals surface area (Å²) in [5.41, 5.74) is 1.71. The van der Waals surface area contributed by atoms with Crippen molar-refractivity contribution in [3.63, 3.8) is 0 Å². The summed E-state index contributed by atoms with van der Waals surface area (Å²) in [5.74, 6) is -1.11. The minimum atomic E-state index is -1.11. The van der Waals surface area contributed by atoms with E-state index in [4.69, 9.17) is 5.11 Å². The molecule has 0 spiro atoms. The van der Waals surface area contributed by atoms with Gasteiger partial charge in [0.15, 0.2) is 0 Å². The van der Waals surface area contributed by atoms with E-state index < -0.39 is 18.5 Å². The van der Waals surface area contributed by atoms with Crippen molar-refractivity contribution in [1.82, 2.24) is 10.3 Å². The lowest BCUT2D eigenvalue weighted by Crippen LogP contribution is -2.37. The van der Waals surface area contributed by atoms with Gasteiger partial charge in [0, 0.05) is 12.6 Å². The molecule has 2 N–H and O–H groups in total. The van der Waals surface area contributed by atoms with Gasteiger partial charge in [0.05, 0.1) is 6.21 Å². The van der Waals surface area contributed by atoms with Crippen LogP contribution in [0.4, 0.5) is 4.79 Å². The van der Waals surface area contributed by atoms with Gasteiger partial charge in [-0.15, -0.1) is 0 Å². The Morgan fingerprint density at radius 2 is 2.05 bits per heavy atom. The standard InChI is InChI=1S/C13H15N3O3/c1-3-10-6-4-5-7-11(10)8-15-16(2)13(19)14-9-12(17)18/h3-8H,1,9H2,2H3,(H,14,19)(H,17,18)/b15-8+. The van der Waals surface area contributed by atoms with E-state index in [1.54, 1.807) is 6.08 Å². The monoisotopic (exact) mass is 261 g/mol. The maximum Gasteiger partial charge on any atom is 0.338 e. The van der Waals surface area contributed by atoms with Crippen molar-refractivity contribution < 1.29 is 14.7 Å². The summed E-state index contributed by atoms with van der Waals surface area (Å²) in [6.45, 7) is 3.24. The molecule has 6 nitrogen and oxygen atoms in total. The van der Waals surface area contributed by atoms with E-state index in [-0.39, 0.29) is 0 Å². The highest BCUT2D eigenvalue weighted by atomic mass is 16.4. The van der Waals surface area contributed by atoms with Crippen LogP contribution >= 0.6 is 0 Å². The summed E-state index contributed by atoms with van der Waals surface area (Å²) in [7, 11) is 1.43. The second kappa shape index (κ2) is 6.95. The maximum atomic E-state index is 11.4. The van der Waals surface area contributed by atoms with E-state index in [2.05, 4.69) is 17.0 Å². The first kappa shape index (κ1) is 14.4. The number of amides is 2. The smallest absolute Gasteiger partial charge is 0.338 e. The van der Waals surface area contributed by atoms with Crippen LogP contribution in [0.5, 0.6) is 0 Å². The van der Waals surface area contributed by atoms with Crippen LogP contribution in [-0.4, -0.2) is 41.9 Å². The lowest BCUT2D eigenvalue weighted by atomic mass is 10.1. The summed E-state index contributed by atoms with van der Waals surface area (Å²) in [6, 6.07) is 6.84. The number of benzene rings is 1. The normalized spacial score (nSPS) is 10.2. The molecule has 0 heterocycles. The summed E-state index contributed by atoms with van der Waals surface area (Å²) >= 11 is 0. The average molecular weight is 261 g/mol. The third-order valence-electron chi connectivity index (χ3n) is 2.27. The molecule has 0 aliphatic carbocycles. The van der Waals surface area contributed by atoms with Crippen LogP contribution in [0.1, 0.15) is 11.1 Å². The van der Waals surface area contributed by atoms with Crippen LogP contribution in [0.2, 0.25) is 0 Å². The SMILES string of the molecule is C=Cc1ccccc1/C=N/N(C)C(=O)NCC(=O)O. The molecule has 19 heavy (non-hydrogen) atoms. The Bertz CT molecular complexity index is 512. The van der Waals surface area contributed by atoms with E-state index in [9.17, 15) is 9.59 Å². The molecule has 0 fully saturated rings. The molecule has 0 radical (unpaired) electrons. The average Bonchev–Trinajstić information content (AvgIpc) is 2.42. The van der Waals surface area contributed by atoms with Crippen LogP contribution < -0.4 is 5.32 Å². The number of hydrogen-bond acceptors (Lipinski definition) is 3. The number of urea groups is 1. The number of hydrazone groups is 1. The molecule has 0 saturated heterocycles. The van der Waals surface area contributed by atoms with Crippen LogP contribution in [0.25, 0.3) is 6.08 Å². The van der Waals surface area contributed by atoms with Gasteiger partial charge in [0.25, 0.3) is 0 Å². The Hall–Kier alpha value is -2.63. The third kappa shape index (κ3) is 4.63. The zero-order valence-electron chi connectivity index (χ0n) is 10.5. The molecule has 0 unspecified atom stereocenters. The quantitative estimate of drug-likeness (QED) is 0.620. The molecule has 0 aliphatic heterocycles. The van der Waals surface area contributed by atoms with Crippen LogP contribution in [-0.2, 0) is 4.79 Å². The molecule has 1 rings (SSSR count). The third-order valence-corrected chi connectivity index (χ3v) is 2.27. The van der Waals surface area contributed by atoms with E-state index >= 15 is 0 Å². The number of aliphatic carboxylic acids is 1. The second-order valence-electron chi connectivity index (χ2n) is 3.65. The lowest BCUT2D eigenvalue weighted by Gasteiger charge is -2.11. The molecular weight excluding hydrogens is 246 g/mol. The fourth-order valence-corrected chi connectivity index (χ4v) is 1.28. The van der Waals surface area contributed by atoms with Crippen molar-refractivity contribution in [1.29, 1.82) is 0 Å². The number of carboxylic acid groups (broad SMARTS) is 1. The van der Waals surface area contributed by atoms with E-state index in [1.165, 1.54) is 13.3 Å². The van der Waals surface area contributed by atoms with E-state index in [0.717, 1.165) is 16.1 Å². The zero-order chi connectivity index (χ0) is 14.3. The second-order valence-corrected chi connectivity index (χ2v) is 3.65. The fourth-order valence-electron chi connectivity index (χ4n) is 1.28. The molecule has 1 aromatic rings. The van der Waals surface area contributed by atoms with Crippen molar-refractivity contribution in [3.05, 3.63) is 42.0 Å². The lowest BCUT2D eigenvalue weighted by molar-refractivity contribution is -0.135. The van der Waals surface area contributed by atoms with Gasteiger partial charge in [-0.1, -0.05) is 36.9 Å². The summed E-state index contributed by atoms with van der Waals surface area (Å²) in [5, 5.41) is 15.6. The largest absolute Gasteiger partial charge is 0.480 e. The van der Waals surface area contributed by atoms with Gasteiger partial charge in [-0.05, 0) is 5.56 Å². The Balaban J connectivity index is 2.67. The van der Waals surface area contributed by atoms with Gasteiger partial charge in [0.1, 0.15) is 6.54 Å². The number of rotatable bonds is 5. The number of carbonyl (C=O) groups excluding carboxylic acids is 1. The molecule has 0 aromatic heterocycles. The van der Waals surface area contributed by atoms with Crippen LogP contribution in [0, 0.1) is 0 Å². The molecule has 0 saturated carbocycles. The van der Waals surface area contributed by atoms with Gasteiger partial charge < -0.3 is 10.4 Å². The minimum Gasteiger partial charge on any atom is -0.480 e. The van der Waals surface area contributed by atoms with Crippen molar-refractivity contribution in [3.8, 4) is 0 Å². The molecular formula is C13H15N3O3. The predicted molar refractivity (Wildman–Crippen MR) is 72.9 cm³/mol. The van der Waals surface area contributed by atoms with Gasteiger partial charge in [-0.25, -0.2) is 9.80 Å². The highest BCUT2D eigenvalue weighted by Gasteiger charge is 2.07.